The first-order chi connectivity index (χ1) is 13.7. The summed E-state index contributed by atoms with van der Waals surface area (Å²) in [6, 6.07) is 4.73. The Bertz CT molecular complexity index is 779. The Morgan fingerprint density at radius 3 is 2.59 bits per heavy atom. The van der Waals surface area contributed by atoms with Crippen LogP contribution in [-0.2, 0) is 14.3 Å². The fraction of sp³-hybridized carbons (Fsp3) is 0.526. The molecule has 1 amide bonds. The van der Waals surface area contributed by atoms with E-state index in [2.05, 4.69) is 0 Å². The first kappa shape index (κ1) is 21.3. The number of hydrogen-bond donors (Lipinski definition) is 3. The van der Waals surface area contributed by atoms with E-state index in [-0.39, 0.29) is 19.1 Å². The maximum absolute atomic E-state index is 14.7. The number of amides is 1. The Kier molecular flexibility index (Phi) is 6.27. The summed E-state index contributed by atoms with van der Waals surface area (Å²) in [7, 11) is 0. The first-order valence-electron chi connectivity index (χ1n) is 9.55. The molecule has 2 aliphatic heterocycles. The Hall–Kier alpha value is -2.40. The van der Waals surface area contributed by atoms with Crippen molar-refractivity contribution in [2.45, 2.75) is 25.7 Å². The van der Waals surface area contributed by atoms with Crippen molar-refractivity contribution in [1.29, 1.82) is 0 Å². The molecule has 1 aromatic carbocycles. The number of rotatable bonds is 5. The van der Waals surface area contributed by atoms with Gasteiger partial charge in [0.1, 0.15) is 5.82 Å². The van der Waals surface area contributed by atoms with Gasteiger partial charge >= 0.3 is 0 Å². The summed E-state index contributed by atoms with van der Waals surface area (Å²) >= 11 is 0. The van der Waals surface area contributed by atoms with Gasteiger partial charge in [-0.1, -0.05) is 0 Å². The van der Waals surface area contributed by atoms with Crippen LogP contribution in [0.3, 0.4) is 0 Å². The molecule has 2 aliphatic rings. The predicted molar refractivity (Wildman–Crippen MR) is 108 cm³/mol. The van der Waals surface area contributed by atoms with Crippen LogP contribution in [0.4, 0.5) is 15.8 Å². The number of hydrogen-bond acceptors (Lipinski definition) is 8. The maximum atomic E-state index is 14.7. The number of halogens is 1. The molecule has 160 valence electrons. The van der Waals surface area contributed by atoms with Crippen LogP contribution in [0.25, 0.3) is 0 Å². The highest BCUT2D eigenvalue weighted by atomic mass is 19.1. The van der Waals surface area contributed by atoms with E-state index in [0.29, 0.717) is 43.3 Å². The summed E-state index contributed by atoms with van der Waals surface area (Å²) in [4.78, 5) is 16.3. The summed E-state index contributed by atoms with van der Waals surface area (Å²) < 4.78 is 25.8. The maximum Gasteiger partial charge on any atom is 0.254 e. The van der Waals surface area contributed by atoms with E-state index in [1.54, 1.807) is 30.9 Å². The van der Waals surface area contributed by atoms with E-state index in [1.807, 2.05) is 4.90 Å². The van der Waals surface area contributed by atoms with Gasteiger partial charge in [0.15, 0.2) is 11.9 Å². The number of carbonyl (C=O) groups is 1. The number of nitrogens with zero attached hydrogens (tertiary/aromatic N) is 3. The Morgan fingerprint density at radius 2 is 2.03 bits per heavy atom. The van der Waals surface area contributed by atoms with Gasteiger partial charge in [0.05, 0.1) is 18.0 Å². The molecule has 3 rings (SSSR count). The second-order valence-electron chi connectivity index (χ2n) is 7.58. The van der Waals surface area contributed by atoms with Crippen LogP contribution in [0, 0.1) is 5.82 Å². The fourth-order valence-electron chi connectivity index (χ4n) is 3.40. The van der Waals surface area contributed by atoms with Crippen molar-refractivity contribution in [2.75, 3.05) is 49.2 Å². The lowest BCUT2D eigenvalue weighted by Crippen LogP contribution is -2.52. The quantitative estimate of drug-likeness (QED) is 0.462. The average Bonchev–Trinajstić information content (AvgIpc) is 3.07. The number of benzene rings is 1. The summed E-state index contributed by atoms with van der Waals surface area (Å²) in [5.41, 5.74) is 12.4. The van der Waals surface area contributed by atoms with Crippen LogP contribution < -0.4 is 27.2 Å². The lowest BCUT2D eigenvalue weighted by atomic mass is 10.2. The first-order valence-corrected chi connectivity index (χ1v) is 9.55. The number of anilines is 2. The standard InChI is InChI=1S/C19H29FN6O3/c1-19(2)28-12-17(29-19)18(27)25-7-5-24(6-8-25)16-4-3-14(9-15(16)20)26(23)11-13(22)10-21/h3-4,9,11,17H,5-8,10,12,21-23H2,1-2H3/b13-11-. The smallest absolute Gasteiger partial charge is 0.254 e. The minimum Gasteiger partial charge on any atom is -0.400 e. The predicted octanol–water partition coefficient (Wildman–Crippen LogP) is 0.0647. The van der Waals surface area contributed by atoms with E-state index in [4.69, 9.17) is 26.8 Å². The van der Waals surface area contributed by atoms with Gasteiger partial charge in [-0.05, 0) is 26.0 Å². The highest BCUT2D eigenvalue weighted by molar-refractivity contribution is 5.81. The molecular formula is C19H29FN6O3. The molecule has 29 heavy (non-hydrogen) atoms. The molecule has 0 aromatic heterocycles. The molecule has 9 nitrogen and oxygen atoms in total. The van der Waals surface area contributed by atoms with E-state index in [0.717, 1.165) is 0 Å². The second kappa shape index (κ2) is 8.54. The molecule has 2 fully saturated rings. The van der Waals surface area contributed by atoms with Gasteiger partial charge in [-0.25, -0.2) is 10.2 Å². The van der Waals surface area contributed by atoms with Crippen LogP contribution in [0.2, 0.25) is 0 Å². The molecule has 1 unspecified atom stereocenters. The van der Waals surface area contributed by atoms with Crippen molar-refractivity contribution in [1.82, 2.24) is 4.90 Å². The molecule has 0 bridgehead atoms. The number of nitrogens with two attached hydrogens (primary N) is 3. The van der Waals surface area contributed by atoms with Crippen molar-refractivity contribution in [2.24, 2.45) is 17.3 Å². The van der Waals surface area contributed by atoms with Crippen molar-refractivity contribution in [3.8, 4) is 0 Å². The van der Waals surface area contributed by atoms with Crippen molar-refractivity contribution >= 4 is 17.3 Å². The molecule has 0 spiro atoms. The van der Waals surface area contributed by atoms with Crippen LogP contribution in [-0.4, -0.2) is 62.0 Å². The number of ether oxygens (including phenoxy) is 2. The van der Waals surface area contributed by atoms with E-state index < -0.39 is 17.7 Å². The molecule has 2 heterocycles. The van der Waals surface area contributed by atoms with Crippen molar-refractivity contribution < 1.29 is 18.7 Å². The Balaban J connectivity index is 1.60. The lowest BCUT2D eigenvalue weighted by Gasteiger charge is -2.37. The molecule has 1 aromatic rings. The molecule has 6 N–H and O–H groups in total. The van der Waals surface area contributed by atoms with E-state index >= 15 is 0 Å². The Labute approximate surface area is 169 Å². The third kappa shape index (κ3) is 4.96. The van der Waals surface area contributed by atoms with Gasteiger partial charge in [-0.15, -0.1) is 0 Å². The molecule has 10 heteroatoms. The number of piperazine rings is 1. The van der Waals surface area contributed by atoms with E-state index in [9.17, 15) is 9.18 Å². The summed E-state index contributed by atoms with van der Waals surface area (Å²) in [5, 5.41) is 1.23. The van der Waals surface area contributed by atoms with Crippen LogP contribution >= 0.6 is 0 Å². The molecular weight excluding hydrogens is 379 g/mol. The second-order valence-corrected chi connectivity index (χ2v) is 7.58. The highest BCUT2D eigenvalue weighted by Crippen LogP contribution is 2.27. The van der Waals surface area contributed by atoms with Gasteiger partial charge in [0.2, 0.25) is 0 Å². The highest BCUT2D eigenvalue weighted by Gasteiger charge is 2.39. The van der Waals surface area contributed by atoms with E-state index in [1.165, 1.54) is 17.3 Å². The van der Waals surface area contributed by atoms with Gasteiger partial charge in [-0.2, -0.15) is 0 Å². The monoisotopic (exact) mass is 408 g/mol. The molecule has 0 saturated carbocycles. The van der Waals surface area contributed by atoms with Crippen molar-refractivity contribution in [3.05, 3.63) is 35.9 Å². The van der Waals surface area contributed by atoms with Crippen LogP contribution in [0.5, 0.6) is 0 Å². The number of carbonyl (C=O) groups excluding carboxylic acids is 1. The van der Waals surface area contributed by atoms with Crippen LogP contribution in [0.15, 0.2) is 30.1 Å². The molecule has 1 atom stereocenters. The lowest BCUT2D eigenvalue weighted by molar-refractivity contribution is -0.160. The normalized spacial score (nSPS) is 22.1. The minimum atomic E-state index is -0.742. The van der Waals surface area contributed by atoms with Crippen molar-refractivity contribution in [3.63, 3.8) is 0 Å². The molecule has 0 aliphatic carbocycles. The zero-order valence-corrected chi connectivity index (χ0v) is 16.8. The van der Waals surface area contributed by atoms with Crippen LogP contribution in [0.1, 0.15) is 13.8 Å². The fourth-order valence-corrected chi connectivity index (χ4v) is 3.40. The average molecular weight is 408 g/mol. The molecule has 2 saturated heterocycles. The Morgan fingerprint density at radius 1 is 1.34 bits per heavy atom. The third-order valence-corrected chi connectivity index (χ3v) is 4.99. The van der Waals surface area contributed by atoms with Gasteiger partial charge in [-0.3, -0.25) is 9.80 Å². The third-order valence-electron chi connectivity index (χ3n) is 4.99. The summed E-state index contributed by atoms with van der Waals surface area (Å²) in [5.74, 6) is 4.65. The molecule has 0 radical (unpaired) electrons. The zero-order valence-electron chi connectivity index (χ0n) is 16.8. The minimum absolute atomic E-state index is 0.0888. The van der Waals surface area contributed by atoms with Gasteiger partial charge < -0.3 is 30.7 Å². The van der Waals surface area contributed by atoms with Gasteiger partial charge in [0.25, 0.3) is 5.91 Å². The summed E-state index contributed by atoms with van der Waals surface area (Å²) in [6.07, 6.45) is 0.867. The zero-order chi connectivity index (χ0) is 21.2. The van der Waals surface area contributed by atoms with Gasteiger partial charge in [0, 0.05) is 50.7 Å². The number of hydrazine groups is 1. The summed E-state index contributed by atoms with van der Waals surface area (Å²) in [6.45, 7) is 5.99. The topological polar surface area (TPSA) is 123 Å². The SMILES string of the molecule is CC1(C)OCC(C(=O)N2CCN(c3ccc(N(N)/C=C(\N)CN)cc3F)CC2)O1. The largest absolute Gasteiger partial charge is 0.400 e.